The molecule has 1 aromatic heterocycles. The number of carbonyl (C=O) groups excluding carboxylic acids is 1. The topological polar surface area (TPSA) is 72.7 Å². The molecule has 1 N–H and O–H groups in total. The highest BCUT2D eigenvalue weighted by molar-refractivity contribution is 9.10. The van der Waals surface area contributed by atoms with Crippen molar-refractivity contribution in [1.82, 2.24) is 25.5 Å². The smallest absolute Gasteiger partial charge is 0.253 e. The first-order valence-electron chi connectivity index (χ1n) is 6.69. The Balaban J connectivity index is 1.81. The predicted molar refractivity (Wildman–Crippen MR) is 84.4 cm³/mol. The van der Waals surface area contributed by atoms with E-state index in [1.807, 2.05) is 0 Å². The number of tetrazole rings is 1. The SMILES string of the molecule is O=C(NCc1cc(Br)ccc1F)c1ccccc1-n1cnnn1. The molecule has 0 aliphatic heterocycles. The van der Waals surface area contributed by atoms with E-state index in [1.165, 1.54) is 17.1 Å². The number of benzene rings is 2. The van der Waals surface area contributed by atoms with Gasteiger partial charge >= 0.3 is 0 Å². The monoisotopic (exact) mass is 375 g/mol. The van der Waals surface area contributed by atoms with Crippen LogP contribution < -0.4 is 5.32 Å². The number of rotatable bonds is 4. The van der Waals surface area contributed by atoms with Crippen LogP contribution in [0.3, 0.4) is 0 Å². The standard InChI is InChI=1S/C15H11BrFN5O/c16-11-5-6-13(17)10(7-11)8-18-15(23)12-3-1-2-4-14(12)22-9-19-20-21-22/h1-7,9H,8H2,(H,18,23). The fourth-order valence-corrected chi connectivity index (χ4v) is 2.50. The highest BCUT2D eigenvalue weighted by atomic mass is 79.9. The van der Waals surface area contributed by atoms with Gasteiger partial charge in [-0.25, -0.2) is 4.39 Å². The molecule has 0 saturated heterocycles. The van der Waals surface area contributed by atoms with Crippen molar-refractivity contribution >= 4 is 21.8 Å². The fourth-order valence-electron chi connectivity index (χ4n) is 2.09. The molecule has 23 heavy (non-hydrogen) atoms. The second-order valence-corrected chi connectivity index (χ2v) is 5.61. The Bertz CT molecular complexity index is 838. The summed E-state index contributed by atoms with van der Waals surface area (Å²) in [6.45, 7) is 0.0774. The predicted octanol–water partition coefficient (Wildman–Crippen LogP) is 2.49. The van der Waals surface area contributed by atoms with Gasteiger partial charge in [0.1, 0.15) is 12.1 Å². The highest BCUT2D eigenvalue weighted by Crippen LogP contribution is 2.16. The minimum atomic E-state index is -0.373. The lowest BCUT2D eigenvalue weighted by Gasteiger charge is -2.10. The third-order valence-corrected chi connectivity index (χ3v) is 3.68. The molecular formula is C15H11BrFN5O. The van der Waals surface area contributed by atoms with Crippen LogP contribution in [0.15, 0.2) is 53.3 Å². The van der Waals surface area contributed by atoms with Crippen molar-refractivity contribution in [2.75, 3.05) is 0 Å². The minimum absolute atomic E-state index is 0.0774. The van der Waals surface area contributed by atoms with Gasteiger partial charge in [-0.1, -0.05) is 28.1 Å². The zero-order valence-electron chi connectivity index (χ0n) is 11.8. The number of halogens is 2. The molecule has 3 aromatic rings. The second kappa shape index (κ2) is 6.66. The number of nitrogens with one attached hydrogen (secondary N) is 1. The molecule has 0 spiro atoms. The molecule has 1 heterocycles. The maximum absolute atomic E-state index is 13.7. The summed E-state index contributed by atoms with van der Waals surface area (Å²) < 4.78 is 15.9. The molecule has 0 fully saturated rings. The molecule has 0 radical (unpaired) electrons. The molecule has 0 atom stereocenters. The van der Waals surface area contributed by atoms with Crippen LogP contribution in [-0.4, -0.2) is 26.1 Å². The molecule has 0 aliphatic rings. The molecular weight excluding hydrogens is 365 g/mol. The van der Waals surface area contributed by atoms with Gasteiger partial charge in [-0.15, -0.1) is 5.10 Å². The average Bonchev–Trinajstić information content (AvgIpc) is 3.10. The Morgan fingerprint density at radius 2 is 2.09 bits per heavy atom. The van der Waals surface area contributed by atoms with Crippen LogP contribution in [-0.2, 0) is 6.54 Å². The molecule has 0 unspecified atom stereocenters. The fraction of sp³-hybridized carbons (Fsp3) is 0.0667. The van der Waals surface area contributed by atoms with E-state index >= 15 is 0 Å². The van der Waals surface area contributed by atoms with Crippen LogP contribution in [0.2, 0.25) is 0 Å². The van der Waals surface area contributed by atoms with Crippen molar-refractivity contribution in [2.45, 2.75) is 6.54 Å². The Morgan fingerprint density at radius 3 is 2.87 bits per heavy atom. The van der Waals surface area contributed by atoms with Crippen LogP contribution in [0.25, 0.3) is 5.69 Å². The van der Waals surface area contributed by atoms with E-state index in [2.05, 4.69) is 36.8 Å². The summed E-state index contributed by atoms with van der Waals surface area (Å²) in [6.07, 6.45) is 1.40. The molecule has 1 amide bonds. The van der Waals surface area contributed by atoms with E-state index in [-0.39, 0.29) is 18.3 Å². The Labute approximate surface area is 139 Å². The molecule has 2 aromatic carbocycles. The lowest BCUT2D eigenvalue weighted by Crippen LogP contribution is -2.24. The number of hydrogen-bond acceptors (Lipinski definition) is 4. The Hall–Kier alpha value is -2.61. The summed E-state index contributed by atoms with van der Waals surface area (Å²) in [6, 6.07) is 11.5. The van der Waals surface area contributed by atoms with E-state index in [1.54, 1.807) is 36.4 Å². The zero-order valence-corrected chi connectivity index (χ0v) is 13.4. The second-order valence-electron chi connectivity index (χ2n) is 4.69. The zero-order chi connectivity index (χ0) is 16.2. The summed E-state index contributed by atoms with van der Waals surface area (Å²) in [5, 5.41) is 13.6. The number of hydrogen-bond donors (Lipinski definition) is 1. The van der Waals surface area contributed by atoms with Crippen molar-refractivity contribution < 1.29 is 9.18 Å². The first-order valence-corrected chi connectivity index (χ1v) is 7.49. The lowest BCUT2D eigenvalue weighted by molar-refractivity contribution is 0.0950. The van der Waals surface area contributed by atoms with Gasteiger partial charge in [0.25, 0.3) is 5.91 Å². The average molecular weight is 376 g/mol. The molecule has 0 saturated carbocycles. The molecule has 8 heteroatoms. The van der Waals surface area contributed by atoms with E-state index in [0.717, 1.165) is 4.47 Å². The molecule has 0 aliphatic carbocycles. The molecule has 3 rings (SSSR count). The van der Waals surface area contributed by atoms with E-state index < -0.39 is 0 Å². The number of nitrogens with zero attached hydrogens (tertiary/aromatic N) is 4. The van der Waals surface area contributed by atoms with Crippen LogP contribution >= 0.6 is 15.9 Å². The first kappa shape index (κ1) is 15.3. The van der Waals surface area contributed by atoms with Crippen molar-refractivity contribution in [2.24, 2.45) is 0 Å². The van der Waals surface area contributed by atoms with Crippen LogP contribution in [0.4, 0.5) is 4.39 Å². The number of carbonyl (C=O) groups is 1. The lowest BCUT2D eigenvalue weighted by atomic mass is 10.1. The highest BCUT2D eigenvalue weighted by Gasteiger charge is 2.13. The third-order valence-electron chi connectivity index (χ3n) is 3.19. The third kappa shape index (κ3) is 3.42. The Kier molecular flexibility index (Phi) is 4.42. The quantitative estimate of drug-likeness (QED) is 0.760. The number of para-hydroxylation sites is 1. The number of aromatic nitrogens is 4. The largest absolute Gasteiger partial charge is 0.348 e. The van der Waals surface area contributed by atoms with Gasteiger partial charge in [-0.3, -0.25) is 4.79 Å². The molecule has 6 nitrogen and oxygen atoms in total. The van der Waals surface area contributed by atoms with Crippen LogP contribution in [0.1, 0.15) is 15.9 Å². The molecule has 116 valence electrons. The Morgan fingerprint density at radius 1 is 1.26 bits per heavy atom. The maximum atomic E-state index is 13.7. The van der Waals surface area contributed by atoms with Crippen molar-refractivity contribution in [1.29, 1.82) is 0 Å². The summed E-state index contributed by atoms with van der Waals surface area (Å²) in [5.41, 5.74) is 1.34. The van der Waals surface area contributed by atoms with Gasteiger partial charge < -0.3 is 5.32 Å². The molecule has 0 bridgehead atoms. The summed E-state index contributed by atoms with van der Waals surface area (Å²) >= 11 is 3.28. The first-order chi connectivity index (χ1) is 11.1. The van der Waals surface area contributed by atoms with Gasteiger partial charge in [0.2, 0.25) is 0 Å². The number of amides is 1. The van der Waals surface area contributed by atoms with E-state index in [9.17, 15) is 9.18 Å². The van der Waals surface area contributed by atoms with Crippen LogP contribution in [0, 0.1) is 5.82 Å². The normalized spacial score (nSPS) is 10.5. The minimum Gasteiger partial charge on any atom is -0.348 e. The maximum Gasteiger partial charge on any atom is 0.253 e. The van der Waals surface area contributed by atoms with E-state index in [0.29, 0.717) is 16.8 Å². The van der Waals surface area contributed by atoms with Crippen molar-refractivity contribution in [3.63, 3.8) is 0 Å². The summed E-state index contributed by atoms with van der Waals surface area (Å²) in [7, 11) is 0. The summed E-state index contributed by atoms with van der Waals surface area (Å²) in [4.78, 5) is 12.4. The van der Waals surface area contributed by atoms with Gasteiger partial charge in [0.15, 0.2) is 0 Å². The summed E-state index contributed by atoms with van der Waals surface area (Å²) in [5.74, 6) is -0.710. The van der Waals surface area contributed by atoms with Gasteiger partial charge in [-0.05, 0) is 40.8 Å². The van der Waals surface area contributed by atoms with E-state index in [4.69, 9.17) is 0 Å². The van der Waals surface area contributed by atoms with Gasteiger partial charge in [0, 0.05) is 16.6 Å². The van der Waals surface area contributed by atoms with Crippen molar-refractivity contribution in [3.05, 3.63) is 70.2 Å². The van der Waals surface area contributed by atoms with Crippen molar-refractivity contribution in [3.8, 4) is 5.69 Å². The van der Waals surface area contributed by atoms with Crippen LogP contribution in [0.5, 0.6) is 0 Å². The van der Waals surface area contributed by atoms with Gasteiger partial charge in [-0.2, -0.15) is 4.68 Å². The van der Waals surface area contributed by atoms with Gasteiger partial charge in [0.05, 0.1) is 11.3 Å².